The van der Waals surface area contributed by atoms with Gasteiger partial charge in [0.05, 0.1) is 13.3 Å². The first-order valence-electron chi connectivity index (χ1n) is 5.92. The largest absolute Gasteiger partial charge is 0.497 e. The number of nitrogens with one attached hydrogen (secondary N) is 1. The van der Waals surface area contributed by atoms with Gasteiger partial charge in [0.25, 0.3) is 5.91 Å². The summed E-state index contributed by atoms with van der Waals surface area (Å²) in [7, 11) is 1.61. The fourth-order valence-corrected chi connectivity index (χ4v) is 2.12. The molecule has 2 aromatic rings. The van der Waals surface area contributed by atoms with Gasteiger partial charge in [0, 0.05) is 9.13 Å². The van der Waals surface area contributed by atoms with Gasteiger partial charge in [0.1, 0.15) is 5.75 Å². The minimum Gasteiger partial charge on any atom is -0.497 e. The van der Waals surface area contributed by atoms with Crippen LogP contribution in [-0.2, 0) is 0 Å². The Balaban J connectivity index is 2.00. The second-order valence-electron chi connectivity index (χ2n) is 3.99. The van der Waals surface area contributed by atoms with Gasteiger partial charge in [-0.1, -0.05) is 18.2 Å². The lowest BCUT2D eigenvalue weighted by Crippen LogP contribution is -2.17. The van der Waals surface area contributed by atoms with Crippen molar-refractivity contribution in [3.8, 4) is 5.75 Å². The number of carbonyl (C=O) groups excluding carboxylic acids is 1. The maximum atomic E-state index is 11.9. The van der Waals surface area contributed by atoms with Crippen LogP contribution >= 0.6 is 22.6 Å². The van der Waals surface area contributed by atoms with Gasteiger partial charge in [0.15, 0.2) is 0 Å². The van der Waals surface area contributed by atoms with Gasteiger partial charge in [-0.05, 0) is 58.5 Å². The molecule has 1 N–H and O–H groups in total. The lowest BCUT2D eigenvalue weighted by Gasteiger charge is -2.01. The fourth-order valence-electron chi connectivity index (χ4n) is 1.58. The second-order valence-corrected chi connectivity index (χ2v) is 5.23. The Morgan fingerprint density at radius 1 is 1.25 bits per heavy atom. The molecular weight excluding hydrogens is 367 g/mol. The number of nitrogens with zero attached hydrogens (tertiary/aromatic N) is 1. The second kappa shape index (κ2) is 7.04. The molecule has 0 radical (unpaired) electrons. The molecule has 0 spiro atoms. The van der Waals surface area contributed by atoms with E-state index in [1.54, 1.807) is 25.5 Å². The summed E-state index contributed by atoms with van der Waals surface area (Å²) < 4.78 is 6.12. The van der Waals surface area contributed by atoms with E-state index in [9.17, 15) is 4.79 Å². The van der Waals surface area contributed by atoms with Crippen molar-refractivity contribution in [2.75, 3.05) is 7.11 Å². The van der Waals surface area contributed by atoms with Gasteiger partial charge in [-0.2, -0.15) is 5.10 Å². The zero-order valence-corrected chi connectivity index (χ0v) is 13.0. The van der Waals surface area contributed by atoms with Crippen LogP contribution < -0.4 is 10.2 Å². The Morgan fingerprint density at radius 3 is 2.80 bits per heavy atom. The fraction of sp³-hybridized carbons (Fsp3) is 0.0667. The van der Waals surface area contributed by atoms with E-state index in [0.29, 0.717) is 5.56 Å². The molecule has 0 heterocycles. The van der Waals surface area contributed by atoms with Crippen LogP contribution in [0.3, 0.4) is 0 Å². The number of methoxy groups -OCH3 is 1. The first-order valence-corrected chi connectivity index (χ1v) is 7.00. The van der Waals surface area contributed by atoms with Crippen LogP contribution in [0.15, 0.2) is 53.6 Å². The SMILES string of the molecule is COc1cccc(/C=N\NC(=O)c2cccc(I)c2)c1. The molecule has 2 rings (SSSR count). The van der Waals surface area contributed by atoms with Crippen molar-refractivity contribution in [2.24, 2.45) is 5.10 Å². The first-order chi connectivity index (χ1) is 9.69. The monoisotopic (exact) mass is 380 g/mol. The average Bonchev–Trinajstić information content (AvgIpc) is 2.47. The summed E-state index contributed by atoms with van der Waals surface area (Å²) >= 11 is 2.16. The van der Waals surface area contributed by atoms with Crippen LogP contribution in [0.5, 0.6) is 5.75 Å². The van der Waals surface area contributed by atoms with E-state index in [1.807, 2.05) is 36.4 Å². The third-order valence-electron chi connectivity index (χ3n) is 2.56. The molecule has 20 heavy (non-hydrogen) atoms. The molecular formula is C15H13IN2O2. The standard InChI is InChI=1S/C15H13IN2O2/c1-20-14-7-2-4-11(8-14)10-17-18-15(19)12-5-3-6-13(16)9-12/h2-10H,1H3,(H,18,19)/b17-10-. The number of hydrogen-bond donors (Lipinski definition) is 1. The number of benzene rings is 2. The van der Waals surface area contributed by atoms with Gasteiger partial charge in [-0.25, -0.2) is 5.43 Å². The molecule has 0 aliphatic rings. The van der Waals surface area contributed by atoms with E-state index in [-0.39, 0.29) is 5.91 Å². The van der Waals surface area contributed by atoms with Gasteiger partial charge >= 0.3 is 0 Å². The topological polar surface area (TPSA) is 50.7 Å². The molecule has 0 atom stereocenters. The Hall–Kier alpha value is -1.89. The van der Waals surface area contributed by atoms with Crippen molar-refractivity contribution in [1.82, 2.24) is 5.43 Å². The van der Waals surface area contributed by atoms with Gasteiger partial charge in [-0.15, -0.1) is 0 Å². The summed E-state index contributed by atoms with van der Waals surface area (Å²) in [5.41, 5.74) is 3.94. The van der Waals surface area contributed by atoms with E-state index < -0.39 is 0 Å². The maximum absolute atomic E-state index is 11.9. The van der Waals surface area contributed by atoms with E-state index in [2.05, 4.69) is 33.1 Å². The quantitative estimate of drug-likeness (QED) is 0.504. The highest BCUT2D eigenvalue weighted by Gasteiger charge is 2.03. The van der Waals surface area contributed by atoms with Gasteiger partial charge in [0.2, 0.25) is 0 Å². The van der Waals surface area contributed by atoms with E-state index in [0.717, 1.165) is 14.9 Å². The lowest BCUT2D eigenvalue weighted by molar-refractivity contribution is 0.0955. The normalized spacial score (nSPS) is 10.5. The zero-order valence-electron chi connectivity index (χ0n) is 10.8. The number of ether oxygens (including phenoxy) is 1. The number of hydrogen-bond acceptors (Lipinski definition) is 3. The molecule has 4 nitrogen and oxygen atoms in total. The van der Waals surface area contributed by atoms with Crippen molar-refractivity contribution in [3.05, 3.63) is 63.2 Å². The Bertz CT molecular complexity index is 641. The van der Waals surface area contributed by atoms with E-state index in [4.69, 9.17) is 4.74 Å². The molecule has 0 fully saturated rings. The smallest absolute Gasteiger partial charge is 0.271 e. The highest BCUT2D eigenvalue weighted by molar-refractivity contribution is 14.1. The zero-order chi connectivity index (χ0) is 14.4. The molecule has 0 unspecified atom stereocenters. The van der Waals surface area contributed by atoms with E-state index in [1.165, 1.54) is 0 Å². The maximum Gasteiger partial charge on any atom is 0.271 e. The summed E-state index contributed by atoms with van der Waals surface area (Å²) in [5.74, 6) is 0.514. The van der Waals surface area contributed by atoms with Crippen molar-refractivity contribution < 1.29 is 9.53 Å². The summed E-state index contributed by atoms with van der Waals surface area (Å²) in [6.45, 7) is 0. The molecule has 0 aliphatic carbocycles. The summed E-state index contributed by atoms with van der Waals surface area (Å²) in [6, 6.07) is 14.7. The minimum atomic E-state index is -0.234. The van der Waals surface area contributed by atoms with Gasteiger partial charge in [-0.3, -0.25) is 4.79 Å². The van der Waals surface area contributed by atoms with Crippen LogP contribution in [0.2, 0.25) is 0 Å². The molecule has 1 amide bonds. The Labute approximate surface area is 131 Å². The predicted molar refractivity (Wildman–Crippen MR) is 87.2 cm³/mol. The van der Waals surface area contributed by atoms with Crippen LogP contribution in [0, 0.1) is 3.57 Å². The van der Waals surface area contributed by atoms with Crippen molar-refractivity contribution in [3.63, 3.8) is 0 Å². The number of carbonyl (C=O) groups is 1. The summed E-state index contributed by atoms with van der Waals surface area (Å²) in [5, 5.41) is 3.94. The summed E-state index contributed by atoms with van der Waals surface area (Å²) in [6.07, 6.45) is 1.58. The van der Waals surface area contributed by atoms with Crippen LogP contribution in [0.25, 0.3) is 0 Å². The van der Waals surface area contributed by atoms with Crippen LogP contribution in [0.1, 0.15) is 15.9 Å². The van der Waals surface area contributed by atoms with Crippen molar-refractivity contribution in [1.29, 1.82) is 0 Å². The van der Waals surface area contributed by atoms with E-state index >= 15 is 0 Å². The average molecular weight is 380 g/mol. The molecule has 0 saturated carbocycles. The lowest BCUT2D eigenvalue weighted by atomic mass is 10.2. The third-order valence-corrected chi connectivity index (χ3v) is 3.23. The first kappa shape index (κ1) is 14.5. The summed E-state index contributed by atoms with van der Waals surface area (Å²) in [4.78, 5) is 11.9. The van der Waals surface area contributed by atoms with Crippen LogP contribution in [0.4, 0.5) is 0 Å². The third kappa shape index (κ3) is 4.06. The Morgan fingerprint density at radius 2 is 2.05 bits per heavy atom. The number of rotatable bonds is 4. The van der Waals surface area contributed by atoms with Crippen molar-refractivity contribution >= 4 is 34.7 Å². The predicted octanol–water partition coefficient (Wildman–Crippen LogP) is 3.06. The number of halogens is 1. The molecule has 0 saturated heterocycles. The highest BCUT2D eigenvalue weighted by atomic mass is 127. The molecule has 5 heteroatoms. The van der Waals surface area contributed by atoms with Crippen LogP contribution in [-0.4, -0.2) is 19.2 Å². The molecule has 2 aromatic carbocycles. The molecule has 0 aliphatic heterocycles. The number of hydrazone groups is 1. The highest BCUT2D eigenvalue weighted by Crippen LogP contribution is 2.11. The molecule has 0 aromatic heterocycles. The Kier molecular flexibility index (Phi) is 5.11. The number of amides is 1. The minimum absolute atomic E-state index is 0.234. The van der Waals surface area contributed by atoms with Gasteiger partial charge < -0.3 is 4.74 Å². The molecule has 102 valence electrons. The molecule has 0 bridgehead atoms. The van der Waals surface area contributed by atoms with Crippen molar-refractivity contribution in [2.45, 2.75) is 0 Å².